The van der Waals surface area contributed by atoms with Gasteiger partial charge >= 0.3 is 12.1 Å². The zero-order valence-corrected chi connectivity index (χ0v) is 19.9. The largest absolute Gasteiger partial charge is 0.477 e. The van der Waals surface area contributed by atoms with E-state index < -0.39 is 11.6 Å². The van der Waals surface area contributed by atoms with Gasteiger partial charge in [0.1, 0.15) is 11.3 Å². The second kappa shape index (κ2) is 9.44. The summed E-state index contributed by atoms with van der Waals surface area (Å²) in [5.74, 6) is -1.05. The minimum atomic E-state index is -1.07. The lowest BCUT2D eigenvalue weighted by Gasteiger charge is -2.39. The first-order valence-corrected chi connectivity index (χ1v) is 11.7. The lowest BCUT2D eigenvalue weighted by Crippen LogP contribution is -2.50. The van der Waals surface area contributed by atoms with Crippen LogP contribution >= 0.6 is 0 Å². The van der Waals surface area contributed by atoms with Crippen molar-refractivity contribution in [1.82, 2.24) is 14.8 Å². The van der Waals surface area contributed by atoms with E-state index in [1.54, 1.807) is 11.0 Å². The van der Waals surface area contributed by atoms with E-state index in [9.17, 15) is 14.4 Å². The predicted octanol–water partition coefficient (Wildman–Crippen LogP) is 4.45. The molecule has 180 valence electrons. The fraction of sp³-hybridized carbons (Fsp3) is 0.462. The predicted molar refractivity (Wildman–Crippen MR) is 127 cm³/mol. The molecule has 1 aromatic heterocycles. The van der Waals surface area contributed by atoms with E-state index in [1.807, 2.05) is 49.9 Å². The third-order valence-electron chi connectivity index (χ3n) is 6.13. The molecule has 0 bridgehead atoms. The van der Waals surface area contributed by atoms with Crippen LogP contribution in [-0.4, -0.2) is 68.6 Å². The van der Waals surface area contributed by atoms with Crippen molar-refractivity contribution in [3.8, 4) is 11.1 Å². The molecule has 1 aliphatic heterocycles. The Bertz CT molecular complexity index is 1050. The summed E-state index contributed by atoms with van der Waals surface area (Å²) in [6.07, 6.45) is 4.73. The van der Waals surface area contributed by atoms with Gasteiger partial charge in [-0.1, -0.05) is 18.2 Å². The van der Waals surface area contributed by atoms with Gasteiger partial charge in [-0.15, -0.1) is 0 Å². The second-order valence-corrected chi connectivity index (χ2v) is 9.96. The van der Waals surface area contributed by atoms with E-state index in [-0.39, 0.29) is 29.8 Å². The first-order chi connectivity index (χ1) is 16.1. The van der Waals surface area contributed by atoms with Crippen LogP contribution < -0.4 is 0 Å². The molecule has 2 aliphatic rings. The zero-order valence-electron chi connectivity index (χ0n) is 19.9. The van der Waals surface area contributed by atoms with Gasteiger partial charge in [0.2, 0.25) is 0 Å². The van der Waals surface area contributed by atoms with Crippen LogP contribution in [0.4, 0.5) is 4.79 Å². The highest BCUT2D eigenvalue weighted by atomic mass is 16.6. The Morgan fingerprint density at radius 1 is 0.941 bits per heavy atom. The van der Waals surface area contributed by atoms with Gasteiger partial charge < -0.3 is 19.6 Å². The van der Waals surface area contributed by atoms with Crippen LogP contribution in [0.15, 0.2) is 42.6 Å². The molecule has 0 unspecified atom stereocenters. The SMILES string of the molecule is CC(C)(C)OC(=O)N1CCC(N(C(=O)c2ccc(-c3ccc(C(=O)O)nc3)cc2)C2CC2)CC1. The molecule has 2 heterocycles. The molecule has 2 aromatic rings. The van der Waals surface area contributed by atoms with Crippen LogP contribution in [-0.2, 0) is 4.74 Å². The zero-order chi connectivity index (χ0) is 24.5. The number of piperidine rings is 1. The van der Waals surface area contributed by atoms with Crippen molar-refractivity contribution in [1.29, 1.82) is 0 Å². The molecule has 8 heteroatoms. The monoisotopic (exact) mass is 465 g/mol. The van der Waals surface area contributed by atoms with E-state index in [2.05, 4.69) is 4.98 Å². The van der Waals surface area contributed by atoms with Crippen LogP contribution in [0, 0.1) is 0 Å². The van der Waals surface area contributed by atoms with Crippen molar-refractivity contribution in [2.24, 2.45) is 0 Å². The Kier molecular flexibility index (Phi) is 6.59. The molecule has 2 fully saturated rings. The van der Waals surface area contributed by atoms with Gasteiger partial charge in [-0.05, 0) is 70.2 Å². The summed E-state index contributed by atoms with van der Waals surface area (Å²) < 4.78 is 5.49. The van der Waals surface area contributed by atoms with E-state index in [4.69, 9.17) is 9.84 Å². The van der Waals surface area contributed by atoms with E-state index in [0.717, 1.165) is 36.8 Å². The lowest BCUT2D eigenvalue weighted by molar-refractivity contribution is 0.0142. The molecule has 1 saturated heterocycles. The number of carbonyl (C=O) groups is 3. The number of hydrogen-bond donors (Lipinski definition) is 1. The van der Waals surface area contributed by atoms with Crippen molar-refractivity contribution in [2.75, 3.05) is 13.1 Å². The highest BCUT2D eigenvalue weighted by Gasteiger charge is 2.39. The third kappa shape index (κ3) is 5.55. The maximum atomic E-state index is 13.4. The van der Waals surface area contributed by atoms with Crippen LogP contribution in [0.1, 0.15) is 67.3 Å². The van der Waals surface area contributed by atoms with Gasteiger partial charge in [-0.25, -0.2) is 14.6 Å². The molecular formula is C26H31N3O5. The Morgan fingerprint density at radius 2 is 1.53 bits per heavy atom. The molecule has 1 aliphatic carbocycles. The fourth-order valence-corrected chi connectivity index (χ4v) is 4.28. The summed E-state index contributed by atoms with van der Waals surface area (Å²) in [7, 11) is 0. The van der Waals surface area contributed by atoms with Crippen LogP contribution in [0.25, 0.3) is 11.1 Å². The first kappa shape index (κ1) is 23.7. The molecule has 2 amide bonds. The Balaban J connectivity index is 1.42. The third-order valence-corrected chi connectivity index (χ3v) is 6.13. The lowest BCUT2D eigenvalue weighted by atomic mass is 10.0. The summed E-state index contributed by atoms with van der Waals surface area (Å²) in [5, 5.41) is 9.01. The molecule has 0 radical (unpaired) electrons. The number of carboxylic acid groups (broad SMARTS) is 1. The van der Waals surface area contributed by atoms with Gasteiger partial charge in [0.05, 0.1) is 0 Å². The van der Waals surface area contributed by atoms with Gasteiger partial charge in [0.25, 0.3) is 5.91 Å². The molecule has 0 atom stereocenters. The number of rotatable bonds is 5. The van der Waals surface area contributed by atoms with Crippen molar-refractivity contribution in [2.45, 2.75) is 64.1 Å². The van der Waals surface area contributed by atoms with E-state index in [0.29, 0.717) is 18.7 Å². The number of amides is 2. The molecule has 34 heavy (non-hydrogen) atoms. The van der Waals surface area contributed by atoms with Crippen LogP contribution in [0.3, 0.4) is 0 Å². The number of carboxylic acids is 1. The number of hydrogen-bond acceptors (Lipinski definition) is 5. The van der Waals surface area contributed by atoms with Crippen LogP contribution in [0.2, 0.25) is 0 Å². The highest BCUT2D eigenvalue weighted by Crippen LogP contribution is 2.34. The number of pyridine rings is 1. The minimum Gasteiger partial charge on any atom is -0.477 e. The number of carbonyl (C=O) groups excluding carboxylic acids is 2. The quantitative estimate of drug-likeness (QED) is 0.700. The van der Waals surface area contributed by atoms with Gasteiger partial charge in [0.15, 0.2) is 0 Å². The summed E-state index contributed by atoms with van der Waals surface area (Å²) in [6, 6.07) is 10.9. The molecule has 0 spiro atoms. The molecule has 4 rings (SSSR count). The second-order valence-electron chi connectivity index (χ2n) is 9.96. The van der Waals surface area contributed by atoms with Crippen molar-refractivity contribution in [3.05, 3.63) is 53.9 Å². The summed E-state index contributed by atoms with van der Waals surface area (Å²) in [5.41, 5.74) is 1.75. The molecular weight excluding hydrogens is 434 g/mol. The van der Waals surface area contributed by atoms with Gasteiger partial charge in [-0.2, -0.15) is 0 Å². The van der Waals surface area contributed by atoms with Gasteiger partial charge in [0, 0.05) is 42.5 Å². The Morgan fingerprint density at radius 3 is 2.03 bits per heavy atom. The van der Waals surface area contributed by atoms with Crippen molar-refractivity contribution < 1.29 is 24.2 Å². The number of ether oxygens (including phenoxy) is 1. The maximum absolute atomic E-state index is 13.4. The fourth-order valence-electron chi connectivity index (χ4n) is 4.28. The molecule has 8 nitrogen and oxygen atoms in total. The topological polar surface area (TPSA) is 100 Å². The molecule has 1 N–H and O–H groups in total. The van der Waals surface area contributed by atoms with Crippen LogP contribution in [0.5, 0.6) is 0 Å². The Labute approximate surface area is 199 Å². The normalized spacial score (nSPS) is 16.7. The number of nitrogens with zero attached hydrogens (tertiary/aromatic N) is 3. The first-order valence-electron chi connectivity index (χ1n) is 11.7. The number of aromatic nitrogens is 1. The van der Waals surface area contributed by atoms with E-state index >= 15 is 0 Å². The van der Waals surface area contributed by atoms with Crippen molar-refractivity contribution >= 4 is 18.0 Å². The average Bonchev–Trinajstić information content (AvgIpc) is 3.64. The number of aromatic carboxylic acids is 1. The summed E-state index contributed by atoms with van der Waals surface area (Å²) >= 11 is 0. The Hall–Kier alpha value is -3.42. The average molecular weight is 466 g/mol. The maximum Gasteiger partial charge on any atom is 0.410 e. The summed E-state index contributed by atoms with van der Waals surface area (Å²) in [6.45, 7) is 6.73. The molecule has 1 aromatic carbocycles. The summed E-state index contributed by atoms with van der Waals surface area (Å²) in [4.78, 5) is 44.5. The standard InChI is InChI=1S/C26H31N3O5/c1-26(2,3)34-25(33)28-14-12-21(13-15-28)29(20-9-10-20)23(30)18-6-4-17(5-7-18)19-8-11-22(24(31)32)27-16-19/h4-8,11,16,20-21H,9-10,12-15H2,1-3H3,(H,31,32). The number of benzene rings is 1. The van der Waals surface area contributed by atoms with Gasteiger partial charge in [-0.3, -0.25) is 4.79 Å². The van der Waals surface area contributed by atoms with E-state index in [1.165, 1.54) is 12.3 Å². The molecule has 1 saturated carbocycles. The smallest absolute Gasteiger partial charge is 0.410 e. The minimum absolute atomic E-state index is 0.00617. The highest BCUT2D eigenvalue weighted by molar-refractivity contribution is 5.95. The van der Waals surface area contributed by atoms with Crippen molar-refractivity contribution in [3.63, 3.8) is 0 Å². The number of likely N-dealkylation sites (tertiary alicyclic amines) is 1.